The molecule has 0 heterocycles. The molecule has 4 aliphatic rings. The second-order valence-corrected chi connectivity index (χ2v) is 12.6. The van der Waals surface area contributed by atoms with Gasteiger partial charge < -0.3 is 5.11 Å². The van der Waals surface area contributed by atoms with Gasteiger partial charge in [-0.25, -0.2) is 0 Å². The smallest absolute Gasteiger partial charge is 0.0543 e. The van der Waals surface area contributed by atoms with Crippen molar-refractivity contribution in [2.75, 3.05) is 0 Å². The zero-order valence-electron chi connectivity index (χ0n) is 19.6. The van der Waals surface area contributed by atoms with Crippen LogP contribution in [-0.4, -0.2) is 11.2 Å². The molecule has 28 heavy (non-hydrogen) atoms. The van der Waals surface area contributed by atoms with Crippen LogP contribution in [0.2, 0.25) is 0 Å². The predicted octanol–water partition coefficient (Wildman–Crippen LogP) is 7.47. The van der Waals surface area contributed by atoms with Crippen LogP contribution in [0.4, 0.5) is 0 Å². The first kappa shape index (κ1) is 21.2. The zero-order chi connectivity index (χ0) is 20.1. The molecule has 0 aliphatic heterocycles. The molecule has 0 aromatic rings. The van der Waals surface area contributed by atoms with E-state index >= 15 is 0 Å². The van der Waals surface area contributed by atoms with Gasteiger partial charge in [-0.2, -0.15) is 0 Å². The van der Waals surface area contributed by atoms with E-state index in [1.807, 2.05) is 0 Å². The van der Waals surface area contributed by atoms with Crippen LogP contribution >= 0.6 is 0 Å². The summed E-state index contributed by atoms with van der Waals surface area (Å²) in [5.41, 5.74) is 1.15. The first-order chi connectivity index (χ1) is 13.3. The van der Waals surface area contributed by atoms with Crippen molar-refractivity contribution in [2.24, 2.45) is 52.3 Å². The number of hydrogen-bond acceptors (Lipinski definition) is 1. The molecule has 0 unspecified atom stereocenters. The Labute approximate surface area is 175 Å². The molecule has 0 aromatic carbocycles. The van der Waals surface area contributed by atoms with Gasteiger partial charge in [-0.15, -0.1) is 0 Å². The molecule has 162 valence electrons. The lowest BCUT2D eigenvalue weighted by Gasteiger charge is -2.61. The molecule has 0 radical (unpaired) electrons. The number of aliphatic hydroxyl groups is 1. The lowest BCUT2D eigenvalue weighted by atomic mass is 9.44. The molecule has 1 N–H and O–H groups in total. The Kier molecular flexibility index (Phi) is 5.98. The maximum atomic E-state index is 10.3. The first-order valence-electron chi connectivity index (χ1n) is 12.9. The average molecular weight is 389 g/mol. The van der Waals surface area contributed by atoms with Gasteiger partial charge in [0.1, 0.15) is 0 Å². The molecule has 4 rings (SSSR count). The molecule has 0 spiro atoms. The van der Waals surface area contributed by atoms with Gasteiger partial charge in [-0.3, -0.25) is 0 Å². The third kappa shape index (κ3) is 3.50. The van der Waals surface area contributed by atoms with E-state index in [4.69, 9.17) is 0 Å². The minimum atomic E-state index is -0.00830. The molecule has 0 aromatic heterocycles. The van der Waals surface area contributed by atoms with Crippen LogP contribution < -0.4 is 0 Å². The van der Waals surface area contributed by atoms with Crippen molar-refractivity contribution in [2.45, 2.75) is 118 Å². The summed E-state index contributed by atoms with van der Waals surface area (Å²) in [7, 11) is 0. The Morgan fingerprint density at radius 3 is 2.29 bits per heavy atom. The molecule has 1 nitrogen and oxygen atoms in total. The minimum Gasteiger partial charge on any atom is -0.393 e. The summed E-state index contributed by atoms with van der Waals surface area (Å²) in [6, 6.07) is 0. The highest BCUT2D eigenvalue weighted by molar-refractivity contribution is 5.09. The van der Waals surface area contributed by atoms with Gasteiger partial charge in [0.25, 0.3) is 0 Å². The Bertz CT molecular complexity index is 540. The molecular formula is C27H48O. The summed E-state index contributed by atoms with van der Waals surface area (Å²) in [6.45, 7) is 12.7. The van der Waals surface area contributed by atoms with E-state index in [9.17, 15) is 5.11 Å². The van der Waals surface area contributed by atoms with Crippen molar-refractivity contribution in [1.82, 2.24) is 0 Å². The Balaban J connectivity index is 1.46. The molecule has 0 saturated heterocycles. The fourth-order valence-electron chi connectivity index (χ4n) is 9.26. The van der Waals surface area contributed by atoms with E-state index in [1.54, 1.807) is 0 Å². The van der Waals surface area contributed by atoms with Crippen molar-refractivity contribution in [1.29, 1.82) is 0 Å². The van der Waals surface area contributed by atoms with Crippen LogP contribution in [0.5, 0.6) is 0 Å². The first-order valence-corrected chi connectivity index (χ1v) is 12.9. The van der Waals surface area contributed by atoms with Gasteiger partial charge in [0.05, 0.1) is 6.10 Å². The number of fused-ring (bicyclic) bond motifs is 5. The van der Waals surface area contributed by atoms with E-state index in [-0.39, 0.29) is 6.10 Å². The van der Waals surface area contributed by atoms with Gasteiger partial charge >= 0.3 is 0 Å². The summed E-state index contributed by atoms with van der Waals surface area (Å²) >= 11 is 0. The lowest BCUT2D eigenvalue weighted by molar-refractivity contribution is -0.129. The van der Waals surface area contributed by atoms with Crippen LogP contribution in [0.25, 0.3) is 0 Å². The summed E-state index contributed by atoms with van der Waals surface area (Å²) in [5, 5.41) is 10.3. The standard InChI is InChI=1S/C27H48O/c1-18(2)7-6-8-19(3)23-11-12-24-22-10-9-20-17-21(28)13-15-26(20,4)25(22)14-16-27(23,24)5/h18-25,28H,6-17H2,1-5H3/t19-,20-,21-,22+,23+,24+,25-,26-,27-/m0/s1. The molecule has 0 amide bonds. The quantitative estimate of drug-likeness (QED) is 0.518. The van der Waals surface area contributed by atoms with Crippen molar-refractivity contribution in [3.8, 4) is 0 Å². The second kappa shape index (κ2) is 7.90. The molecule has 4 fully saturated rings. The normalized spacial score (nSPS) is 49.4. The topological polar surface area (TPSA) is 20.2 Å². The van der Waals surface area contributed by atoms with Crippen molar-refractivity contribution in [3.63, 3.8) is 0 Å². The third-order valence-corrected chi connectivity index (χ3v) is 10.8. The van der Waals surface area contributed by atoms with Crippen LogP contribution in [0.15, 0.2) is 0 Å². The summed E-state index contributed by atoms with van der Waals surface area (Å²) in [6.07, 6.45) is 16.6. The summed E-state index contributed by atoms with van der Waals surface area (Å²) < 4.78 is 0. The van der Waals surface area contributed by atoms with E-state index in [0.717, 1.165) is 54.3 Å². The summed E-state index contributed by atoms with van der Waals surface area (Å²) in [5.74, 6) is 6.49. The highest BCUT2D eigenvalue weighted by atomic mass is 16.3. The third-order valence-electron chi connectivity index (χ3n) is 10.8. The van der Waals surface area contributed by atoms with Gasteiger partial charge in [0.2, 0.25) is 0 Å². The van der Waals surface area contributed by atoms with Crippen LogP contribution in [0.3, 0.4) is 0 Å². The number of rotatable bonds is 5. The zero-order valence-corrected chi connectivity index (χ0v) is 19.6. The molecule has 0 bridgehead atoms. The number of aliphatic hydroxyl groups excluding tert-OH is 1. The lowest BCUT2D eigenvalue weighted by Crippen LogP contribution is -2.54. The molecule has 9 atom stereocenters. The van der Waals surface area contributed by atoms with Crippen LogP contribution in [0, 0.1) is 52.3 Å². The van der Waals surface area contributed by atoms with E-state index in [2.05, 4.69) is 34.6 Å². The highest BCUT2D eigenvalue weighted by Gasteiger charge is 2.60. The van der Waals surface area contributed by atoms with Gasteiger partial charge in [-0.1, -0.05) is 53.9 Å². The van der Waals surface area contributed by atoms with Gasteiger partial charge in [-0.05, 0) is 110 Å². The van der Waals surface area contributed by atoms with Gasteiger partial charge in [0, 0.05) is 0 Å². The molecule has 4 aliphatic carbocycles. The highest BCUT2D eigenvalue weighted by Crippen LogP contribution is 2.68. The van der Waals surface area contributed by atoms with Crippen LogP contribution in [0.1, 0.15) is 112 Å². The average Bonchev–Trinajstić information content (AvgIpc) is 2.99. The Hall–Kier alpha value is -0.0400. The van der Waals surface area contributed by atoms with Crippen molar-refractivity contribution >= 4 is 0 Å². The van der Waals surface area contributed by atoms with Crippen molar-refractivity contribution in [3.05, 3.63) is 0 Å². The fraction of sp³-hybridized carbons (Fsp3) is 1.00. The largest absolute Gasteiger partial charge is 0.393 e. The fourth-order valence-corrected chi connectivity index (χ4v) is 9.26. The molecule has 1 heteroatoms. The van der Waals surface area contributed by atoms with Crippen molar-refractivity contribution < 1.29 is 5.11 Å². The monoisotopic (exact) mass is 388 g/mol. The van der Waals surface area contributed by atoms with E-state index in [1.165, 1.54) is 64.2 Å². The Morgan fingerprint density at radius 2 is 1.54 bits per heavy atom. The van der Waals surface area contributed by atoms with Crippen LogP contribution in [-0.2, 0) is 0 Å². The molecular weight excluding hydrogens is 340 g/mol. The van der Waals surface area contributed by atoms with E-state index < -0.39 is 0 Å². The Morgan fingerprint density at radius 1 is 0.821 bits per heavy atom. The predicted molar refractivity (Wildman–Crippen MR) is 119 cm³/mol. The SMILES string of the molecule is CC(C)CCC[C@H](C)[C@H]1CC[C@@H]2[C@H]3CC[C@H]4C[C@@H](O)CC[C@]4(C)[C@H]3CC[C@]21C. The maximum Gasteiger partial charge on any atom is 0.0543 e. The maximum absolute atomic E-state index is 10.3. The summed E-state index contributed by atoms with van der Waals surface area (Å²) in [4.78, 5) is 0. The number of hydrogen-bond donors (Lipinski definition) is 1. The second-order valence-electron chi connectivity index (χ2n) is 12.6. The molecule has 4 saturated carbocycles. The van der Waals surface area contributed by atoms with E-state index in [0.29, 0.717) is 10.8 Å². The van der Waals surface area contributed by atoms with Gasteiger partial charge in [0.15, 0.2) is 0 Å². The minimum absolute atomic E-state index is 0.00830.